The van der Waals surface area contributed by atoms with Crippen molar-refractivity contribution in [3.05, 3.63) is 71.8 Å². The van der Waals surface area contributed by atoms with Gasteiger partial charge in [-0.1, -0.05) is 35.9 Å². The Balaban J connectivity index is 1.54. The molecular formula is C22H26ClN3O4S. The molecule has 0 saturated carbocycles. The van der Waals surface area contributed by atoms with Gasteiger partial charge in [0.15, 0.2) is 0 Å². The smallest absolute Gasteiger partial charge is 0.251 e. The number of para-hydroxylation sites is 1. The Morgan fingerprint density at radius 1 is 1.13 bits per heavy atom. The van der Waals surface area contributed by atoms with Crippen molar-refractivity contribution < 1.29 is 17.9 Å². The fourth-order valence-electron chi connectivity index (χ4n) is 3.25. The molecular weight excluding hydrogens is 438 g/mol. The lowest BCUT2D eigenvalue weighted by molar-refractivity contribution is 0.0958. The fourth-order valence-corrected chi connectivity index (χ4v) is 4.91. The summed E-state index contributed by atoms with van der Waals surface area (Å²) in [5.41, 5.74) is 0.304. The summed E-state index contributed by atoms with van der Waals surface area (Å²) in [6.45, 7) is 6.98. The van der Waals surface area contributed by atoms with Crippen molar-refractivity contribution in [2.24, 2.45) is 0 Å². The van der Waals surface area contributed by atoms with Gasteiger partial charge in [0.05, 0.1) is 9.92 Å². The Hall–Kier alpha value is -2.39. The molecule has 0 spiro atoms. The second-order valence-corrected chi connectivity index (χ2v) is 9.40. The molecule has 9 heteroatoms. The minimum atomic E-state index is -3.67. The SMILES string of the molecule is C=CCNC(=O)c1cccc(S(=O)(=O)N2CCN(CCOc3ccccc3Cl)CC2)c1. The van der Waals surface area contributed by atoms with E-state index in [1.165, 1.54) is 16.4 Å². The van der Waals surface area contributed by atoms with E-state index in [1.807, 2.05) is 18.2 Å². The first-order valence-corrected chi connectivity index (χ1v) is 11.8. The van der Waals surface area contributed by atoms with Crippen molar-refractivity contribution in [2.45, 2.75) is 4.90 Å². The van der Waals surface area contributed by atoms with Gasteiger partial charge in [-0.25, -0.2) is 8.42 Å². The Morgan fingerprint density at radius 2 is 1.87 bits per heavy atom. The van der Waals surface area contributed by atoms with Gasteiger partial charge in [-0.15, -0.1) is 6.58 Å². The number of carbonyl (C=O) groups is 1. The number of halogens is 1. The van der Waals surface area contributed by atoms with Gasteiger partial charge in [0.2, 0.25) is 10.0 Å². The third kappa shape index (κ3) is 6.07. The highest BCUT2D eigenvalue weighted by molar-refractivity contribution is 7.89. The van der Waals surface area contributed by atoms with Gasteiger partial charge in [0.25, 0.3) is 5.91 Å². The van der Waals surface area contributed by atoms with Crippen LogP contribution in [-0.2, 0) is 10.0 Å². The van der Waals surface area contributed by atoms with E-state index in [9.17, 15) is 13.2 Å². The van der Waals surface area contributed by atoms with E-state index in [2.05, 4.69) is 16.8 Å². The molecule has 3 rings (SSSR count). The Morgan fingerprint density at radius 3 is 2.58 bits per heavy atom. The molecule has 0 atom stereocenters. The van der Waals surface area contributed by atoms with Gasteiger partial charge in [0, 0.05) is 44.8 Å². The first-order valence-electron chi connectivity index (χ1n) is 10.0. The average molecular weight is 464 g/mol. The second kappa shape index (κ2) is 10.8. The number of ether oxygens (including phenoxy) is 1. The molecule has 31 heavy (non-hydrogen) atoms. The third-order valence-electron chi connectivity index (χ3n) is 4.97. The molecule has 0 aliphatic carbocycles. The second-order valence-electron chi connectivity index (χ2n) is 7.05. The molecule has 1 heterocycles. The highest BCUT2D eigenvalue weighted by Gasteiger charge is 2.28. The number of sulfonamides is 1. The third-order valence-corrected chi connectivity index (χ3v) is 7.18. The molecule has 1 fully saturated rings. The van der Waals surface area contributed by atoms with Crippen LogP contribution in [0.4, 0.5) is 0 Å². The molecule has 0 aromatic heterocycles. The zero-order valence-corrected chi connectivity index (χ0v) is 18.7. The lowest BCUT2D eigenvalue weighted by Gasteiger charge is -2.33. The standard InChI is InChI=1S/C22H26ClN3O4S/c1-2-10-24-22(27)18-6-5-7-19(17-18)31(28,29)26-13-11-25(12-14-26)15-16-30-21-9-4-3-8-20(21)23/h2-9,17H,1,10-16H2,(H,24,27). The highest BCUT2D eigenvalue weighted by Crippen LogP contribution is 2.23. The van der Waals surface area contributed by atoms with Crippen molar-refractivity contribution >= 4 is 27.5 Å². The summed E-state index contributed by atoms with van der Waals surface area (Å²) in [7, 11) is -3.67. The molecule has 1 saturated heterocycles. The number of carbonyl (C=O) groups excluding carboxylic acids is 1. The summed E-state index contributed by atoms with van der Waals surface area (Å²) in [5, 5.41) is 3.22. The van der Waals surface area contributed by atoms with Crippen LogP contribution >= 0.6 is 11.6 Å². The van der Waals surface area contributed by atoms with Crippen LogP contribution in [0.15, 0.2) is 66.1 Å². The Kier molecular flexibility index (Phi) is 8.09. The summed E-state index contributed by atoms with van der Waals surface area (Å²) in [6, 6.07) is 13.4. The summed E-state index contributed by atoms with van der Waals surface area (Å²) in [5.74, 6) is 0.308. The van der Waals surface area contributed by atoms with E-state index in [4.69, 9.17) is 16.3 Å². The predicted octanol–water partition coefficient (Wildman–Crippen LogP) is 2.64. The summed E-state index contributed by atoms with van der Waals surface area (Å²) in [6.07, 6.45) is 1.57. The van der Waals surface area contributed by atoms with Crippen molar-refractivity contribution in [3.8, 4) is 5.75 Å². The van der Waals surface area contributed by atoms with E-state index < -0.39 is 10.0 Å². The average Bonchev–Trinajstić information content (AvgIpc) is 2.79. The van der Waals surface area contributed by atoms with Gasteiger partial charge in [0.1, 0.15) is 12.4 Å². The number of nitrogens with one attached hydrogen (secondary N) is 1. The quantitative estimate of drug-likeness (QED) is 0.578. The van der Waals surface area contributed by atoms with Crippen LogP contribution in [0, 0.1) is 0 Å². The van der Waals surface area contributed by atoms with Crippen LogP contribution in [0.2, 0.25) is 5.02 Å². The molecule has 2 aromatic rings. The maximum Gasteiger partial charge on any atom is 0.251 e. The Bertz CT molecular complexity index is 1020. The summed E-state index contributed by atoms with van der Waals surface area (Å²) >= 11 is 6.09. The number of amides is 1. The van der Waals surface area contributed by atoms with E-state index in [0.29, 0.717) is 62.2 Å². The van der Waals surface area contributed by atoms with E-state index in [0.717, 1.165) is 0 Å². The largest absolute Gasteiger partial charge is 0.491 e. The topological polar surface area (TPSA) is 79.0 Å². The van der Waals surface area contributed by atoms with Gasteiger partial charge in [-0.3, -0.25) is 9.69 Å². The maximum absolute atomic E-state index is 13.0. The van der Waals surface area contributed by atoms with Gasteiger partial charge >= 0.3 is 0 Å². The molecule has 1 aliphatic heterocycles. The van der Waals surface area contributed by atoms with Crippen molar-refractivity contribution in [1.82, 2.24) is 14.5 Å². The molecule has 7 nitrogen and oxygen atoms in total. The molecule has 0 radical (unpaired) electrons. The minimum absolute atomic E-state index is 0.120. The number of hydrogen-bond acceptors (Lipinski definition) is 5. The van der Waals surface area contributed by atoms with Gasteiger partial charge in [-0.05, 0) is 30.3 Å². The molecule has 0 unspecified atom stereocenters. The number of hydrogen-bond donors (Lipinski definition) is 1. The van der Waals surface area contributed by atoms with E-state index >= 15 is 0 Å². The molecule has 0 bridgehead atoms. The number of piperazine rings is 1. The van der Waals surface area contributed by atoms with Gasteiger partial charge in [-0.2, -0.15) is 4.31 Å². The zero-order chi connectivity index (χ0) is 22.3. The van der Waals surface area contributed by atoms with Crippen LogP contribution in [0.3, 0.4) is 0 Å². The van der Waals surface area contributed by atoms with Crippen molar-refractivity contribution in [3.63, 3.8) is 0 Å². The number of nitrogens with zero attached hydrogens (tertiary/aromatic N) is 2. The number of rotatable bonds is 9. The first kappa shape index (κ1) is 23.3. The normalized spacial score (nSPS) is 15.4. The predicted molar refractivity (Wildman–Crippen MR) is 121 cm³/mol. The first-order chi connectivity index (χ1) is 14.9. The lowest BCUT2D eigenvalue weighted by atomic mass is 10.2. The Labute approximate surface area is 188 Å². The van der Waals surface area contributed by atoms with Crippen LogP contribution in [0.1, 0.15) is 10.4 Å². The van der Waals surface area contributed by atoms with E-state index in [1.54, 1.807) is 24.3 Å². The van der Waals surface area contributed by atoms with Crippen molar-refractivity contribution in [2.75, 3.05) is 45.9 Å². The lowest BCUT2D eigenvalue weighted by Crippen LogP contribution is -2.49. The number of benzene rings is 2. The van der Waals surface area contributed by atoms with Crippen molar-refractivity contribution in [1.29, 1.82) is 0 Å². The molecule has 166 valence electrons. The molecule has 1 N–H and O–H groups in total. The maximum atomic E-state index is 13.0. The zero-order valence-electron chi connectivity index (χ0n) is 17.2. The van der Waals surface area contributed by atoms with Crippen LogP contribution in [0.5, 0.6) is 5.75 Å². The fraction of sp³-hybridized carbons (Fsp3) is 0.318. The van der Waals surface area contributed by atoms with Crippen LogP contribution in [-0.4, -0.2) is 69.4 Å². The summed E-state index contributed by atoms with van der Waals surface area (Å²) < 4.78 is 33.3. The molecule has 1 amide bonds. The van der Waals surface area contributed by atoms with Gasteiger partial charge < -0.3 is 10.1 Å². The molecule has 2 aromatic carbocycles. The van der Waals surface area contributed by atoms with E-state index in [-0.39, 0.29) is 10.8 Å². The van der Waals surface area contributed by atoms with Crippen LogP contribution < -0.4 is 10.1 Å². The minimum Gasteiger partial charge on any atom is -0.491 e. The highest BCUT2D eigenvalue weighted by atomic mass is 35.5. The monoisotopic (exact) mass is 463 g/mol. The van der Waals surface area contributed by atoms with Crippen LogP contribution in [0.25, 0.3) is 0 Å². The molecule has 1 aliphatic rings. The summed E-state index contributed by atoms with van der Waals surface area (Å²) in [4.78, 5) is 14.4.